The normalized spacial score (nSPS) is 24.1. The van der Waals surface area contributed by atoms with E-state index in [2.05, 4.69) is 54.6 Å². The number of nitrogens with one attached hydrogen (secondary N) is 1. The van der Waals surface area contributed by atoms with Crippen LogP contribution in [0.4, 0.5) is 0 Å². The molecule has 2 heteroatoms. The Morgan fingerprint density at radius 3 is 2.90 bits per heavy atom. The average Bonchev–Trinajstić information content (AvgIpc) is 2.52. The highest BCUT2D eigenvalue weighted by Gasteiger charge is 2.26. The molecule has 1 aromatic heterocycles. The number of likely N-dealkylation sites (N-methyl/N-ethyl adjacent to an activating group) is 1. The first-order chi connectivity index (χ1) is 10.3. The van der Waals surface area contributed by atoms with Crippen molar-refractivity contribution in [2.45, 2.75) is 45.1 Å². The summed E-state index contributed by atoms with van der Waals surface area (Å²) in [6.07, 6.45) is 8.60. The molecule has 1 N–H and O–H groups in total. The number of rotatable bonds is 4. The van der Waals surface area contributed by atoms with Crippen molar-refractivity contribution in [3.05, 3.63) is 42.1 Å². The van der Waals surface area contributed by atoms with Crippen molar-refractivity contribution in [1.29, 1.82) is 0 Å². The van der Waals surface area contributed by atoms with Crippen LogP contribution in [0.3, 0.4) is 0 Å². The zero-order chi connectivity index (χ0) is 14.7. The number of para-hydroxylation sites is 1. The van der Waals surface area contributed by atoms with Crippen molar-refractivity contribution in [2.24, 2.45) is 11.8 Å². The summed E-state index contributed by atoms with van der Waals surface area (Å²) >= 11 is 0. The number of benzene rings is 1. The molecule has 1 aromatic carbocycles. The second kappa shape index (κ2) is 6.57. The third kappa shape index (κ3) is 3.26. The van der Waals surface area contributed by atoms with Crippen LogP contribution in [-0.4, -0.2) is 18.1 Å². The van der Waals surface area contributed by atoms with Crippen molar-refractivity contribution in [3.63, 3.8) is 0 Å². The molecule has 1 saturated carbocycles. The van der Waals surface area contributed by atoms with E-state index in [-0.39, 0.29) is 0 Å². The number of hydrogen-bond donors (Lipinski definition) is 1. The van der Waals surface area contributed by atoms with Crippen LogP contribution < -0.4 is 5.32 Å². The number of nitrogens with zero attached hydrogens (tertiary/aromatic N) is 1. The highest BCUT2D eigenvalue weighted by molar-refractivity contribution is 5.81. The summed E-state index contributed by atoms with van der Waals surface area (Å²) in [5.74, 6) is 1.69. The predicted octanol–water partition coefficient (Wildman–Crippen LogP) is 4.19. The first-order valence-corrected chi connectivity index (χ1v) is 8.28. The standard InChI is InChI=1S/C19H26N2/c1-14-6-5-7-16(12-14)19(20-2)13-15-10-11-21-18-9-4-3-8-17(15)18/h3-4,8-11,14,16,19-20H,5-7,12-13H2,1-2H3. The fraction of sp³-hybridized carbons (Fsp3) is 0.526. The number of aromatic nitrogens is 1. The van der Waals surface area contributed by atoms with Crippen LogP contribution in [0, 0.1) is 11.8 Å². The van der Waals surface area contributed by atoms with E-state index in [4.69, 9.17) is 0 Å². The topological polar surface area (TPSA) is 24.9 Å². The maximum Gasteiger partial charge on any atom is 0.0704 e. The molecule has 0 amide bonds. The van der Waals surface area contributed by atoms with E-state index < -0.39 is 0 Å². The van der Waals surface area contributed by atoms with Crippen molar-refractivity contribution >= 4 is 10.9 Å². The van der Waals surface area contributed by atoms with Gasteiger partial charge in [0.05, 0.1) is 5.52 Å². The van der Waals surface area contributed by atoms with Crippen molar-refractivity contribution in [2.75, 3.05) is 7.05 Å². The van der Waals surface area contributed by atoms with Gasteiger partial charge in [0, 0.05) is 17.6 Å². The molecule has 0 radical (unpaired) electrons. The molecule has 0 saturated heterocycles. The lowest BCUT2D eigenvalue weighted by molar-refractivity contribution is 0.227. The van der Waals surface area contributed by atoms with Crippen LogP contribution in [-0.2, 0) is 6.42 Å². The first-order valence-electron chi connectivity index (χ1n) is 8.28. The fourth-order valence-corrected chi connectivity index (χ4v) is 3.92. The van der Waals surface area contributed by atoms with Gasteiger partial charge in [0.15, 0.2) is 0 Å². The van der Waals surface area contributed by atoms with Gasteiger partial charge in [-0.2, -0.15) is 0 Å². The zero-order valence-electron chi connectivity index (χ0n) is 13.2. The third-order valence-corrected chi connectivity index (χ3v) is 5.10. The van der Waals surface area contributed by atoms with Crippen LogP contribution >= 0.6 is 0 Å². The van der Waals surface area contributed by atoms with Crippen molar-refractivity contribution in [1.82, 2.24) is 10.3 Å². The maximum atomic E-state index is 4.48. The SMILES string of the molecule is CNC(Cc1ccnc2ccccc12)C1CCCC(C)C1. The van der Waals surface area contributed by atoms with Gasteiger partial charge in [0.1, 0.15) is 0 Å². The molecule has 1 fully saturated rings. The van der Waals surface area contributed by atoms with Crippen LogP contribution in [0.1, 0.15) is 38.2 Å². The number of hydrogen-bond acceptors (Lipinski definition) is 2. The molecule has 1 heterocycles. The summed E-state index contributed by atoms with van der Waals surface area (Å²) in [6.45, 7) is 2.40. The smallest absolute Gasteiger partial charge is 0.0704 e. The quantitative estimate of drug-likeness (QED) is 0.909. The molecule has 112 valence electrons. The summed E-state index contributed by atoms with van der Waals surface area (Å²) in [7, 11) is 2.12. The van der Waals surface area contributed by atoms with E-state index in [1.807, 2.05) is 6.20 Å². The van der Waals surface area contributed by atoms with Gasteiger partial charge in [-0.3, -0.25) is 4.98 Å². The maximum absolute atomic E-state index is 4.48. The second-order valence-electron chi connectivity index (χ2n) is 6.62. The Hall–Kier alpha value is -1.41. The molecule has 2 nitrogen and oxygen atoms in total. The van der Waals surface area contributed by atoms with E-state index in [1.54, 1.807) is 0 Å². The first kappa shape index (κ1) is 14.5. The van der Waals surface area contributed by atoms with E-state index in [9.17, 15) is 0 Å². The molecular weight excluding hydrogens is 256 g/mol. The molecule has 3 rings (SSSR count). The minimum atomic E-state index is 0.582. The molecule has 3 unspecified atom stereocenters. The van der Waals surface area contributed by atoms with Crippen molar-refractivity contribution in [3.8, 4) is 0 Å². The highest BCUT2D eigenvalue weighted by Crippen LogP contribution is 2.32. The summed E-state index contributed by atoms with van der Waals surface area (Å²) in [6, 6.07) is 11.3. The lowest BCUT2D eigenvalue weighted by atomic mass is 9.77. The van der Waals surface area contributed by atoms with E-state index in [0.717, 1.165) is 23.8 Å². The number of fused-ring (bicyclic) bond motifs is 1. The zero-order valence-corrected chi connectivity index (χ0v) is 13.2. The molecule has 0 spiro atoms. The molecule has 0 bridgehead atoms. The Morgan fingerprint density at radius 1 is 1.24 bits per heavy atom. The summed E-state index contributed by atoms with van der Waals surface area (Å²) in [5.41, 5.74) is 2.54. The molecule has 0 aliphatic heterocycles. The summed E-state index contributed by atoms with van der Waals surface area (Å²) < 4.78 is 0. The van der Waals surface area contributed by atoms with Gasteiger partial charge < -0.3 is 5.32 Å². The number of pyridine rings is 1. The summed E-state index contributed by atoms with van der Waals surface area (Å²) in [5, 5.41) is 4.89. The van der Waals surface area contributed by atoms with Crippen molar-refractivity contribution < 1.29 is 0 Å². The van der Waals surface area contributed by atoms with Crippen LogP contribution in [0.15, 0.2) is 36.5 Å². The van der Waals surface area contributed by atoms with Crippen LogP contribution in [0.25, 0.3) is 10.9 Å². The Morgan fingerprint density at radius 2 is 2.10 bits per heavy atom. The van der Waals surface area contributed by atoms with Gasteiger partial charge in [-0.25, -0.2) is 0 Å². The predicted molar refractivity (Wildman–Crippen MR) is 89.4 cm³/mol. The molecule has 21 heavy (non-hydrogen) atoms. The molecule has 2 aromatic rings. The van der Waals surface area contributed by atoms with Gasteiger partial charge in [0.2, 0.25) is 0 Å². The Labute approximate surface area is 128 Å². The van der Waals surface area contributed by atoms with E-state index in [0.29, 0.717) is 6.04 Å². The Balaban J connectivity index is 1.82. The van der Waals surface area contributed by atoms with Gasteiger partial charge in [-0.1, -0.05) is 38.0 Å². The van der Waals surface area contributed by atoms with Crippen LogP contribution in [0.2, 0.25) is 0 Å². The third-order valence-electron chi connectivity index (χ3n) is 5.10. The Bertz CT molecular complexity index is 588. The largest absolute Gasteiger partial charge is 0.316 e. The Kier molecular flexibility index (Phi) is 4.54. The van der Waals surface area contributed by atoms with Crippen LogP contribution in [0.5, 0.6) is 0 Å². The molecule has 1 aliphatic rings. The molecule has 1 aliphatic carbocycles. The van der Waals surface area contributed by atoms with Gasteiger partial charge in [-0.15, -0.1) is 0 Å². The molecule has 3 atom stereocenters. The van der Waals surface area contributed by atoms with E-state index in [1.165, 1.54) is 36.6 Å². The second-order valence-corrected chi connectivity index (χ2v) is 6.62. The van der Waals surface area contributed by atoms with Gasteiger partial charge in [0.25, 0.3) is 0 Å². The van der Waals surface area contributed by atoms with E-state index >= 15 is 0 Å². The lowest BCUT2D eigenvalue weighted by Gasteiger charge is -2.33. The minimum Gasteiger partial charge on any atom is -0.316 e. The van der Waals surface area contributed by atoms with Gasteiger partial charge in [-0.05, 0) is 55.8 Å². The fourth-order valence-electron chi connectivity index (χ4n) is 3.92. The summed E-state index contributed by atoms with van der Waals surface area (Å²) in [4.78, 5) is 4.48. The van der Waals surface area contributed by atoms with Gasteiger partial charge >= 0.3 is 0 Å². The minimum absolute atomic E-state index is 0.582. The lowest BCUT2D eigenvalue weighted by Crippen LogP contribution is -2.38. The molecular formula is C19H26N2. The monoisotopic (exact) mass is 282 g/mol. The highest BCUT2D eigenvalue weighted by atomic mass is 14.9. The average molecular weight is 282 g/mol.